The molecule has 3 nitrogen and oxygen atoms in total. The molecule has 0 saturated carbocycles. The fourth-order valence-electron chi connectivity index (χ4n) is 1.35. The van der Waals surface area contributed by atoms with Crippen LogP contribution < -0.4 is 5.32 Å². The Morgan fingerprint density at radius 3 is 2.11 bits per heavy atom. The third-order valence-corrected chi connectivity index (χ3v) is 2.84. The lowest BCUT2D eigenvalue weighted by Gasteiger charge is -2.19. The Morgan fingerprint density at radius 1 is 1.21 bits per heavy atom. The van der Waals surface area contributed by atoms with Crippen LogP contribution in [0, 0.1) is 29.2 Å². The average molecular weight is 279 g/mol. The van der Waals surface area contributed by atoms with Gasteiger partial charge in [0.05, 0.1) is 0 Å². The van der Waals surface area contributed by atoms with Gasteiger partial charge in [0.25, 0.3) is 5.91 Å². The molecule has 0 fully saturated rings. The summed E-state index contributed by atoms with van der Waals surface area (Å²) in [5, 5.41) is 11.0. The number of benzene rings is 1. The van der Waals surface area contributed by atoms with Gasteiger partial charge in [0.1, 0.15) is 5.56 Å². The summed E-state index contributed by atoms with van der Waals surface area (Å²) >= 11 is 0. The highest BCUT2D eigenvalue weighted by Crippen LogP contribution is 2.19. The average Bonchev–Trinajstić information content (AvgIpc) is 2.35. The minimum atomic E-state index is -1.75. The van der Waals surface area contributed by atoms with Crippen molar-refractivity contribution in [3.05, 3.63) is 34.9 Å². The first-order valence-electron chi connectivity index (χ1n) is 5.54. The standard InChI is InChI=1S/C12H13F4NO2/c1-5(4-18)6(2)17-12(19)9-10(15)7(13)3-8(14)11(9)16/h3,5-6,18H,4H2,1-2H3,(H,17,19)/t5-,6+/m1/s1. The van der Waals surface area contributed by atoms with E-state index in [0.717, 1.165) is 0 Å². The molecule has 106 valence electrons. The molecule has 0 radical (unpaired) electrons. The van der Waals surface area contributed by atoms with E-state index in [1.807, 2.05) is 0 Å². The van der Waals surface area contributed by atoms with Crippen LogP contribution in [0.1, 0.15) is 24.2 Å². The van der Waals surface area contributed by atoms with Gasteiger partial charge in [-0.25, -0.2) is 17.6 Å². The Bertz CT molecular complexity index is 467. The molecule has 1 rings (SSSR count). The third-order valence-electron chi connectivity index (χ3n) is 2.84. The van der Waals surface area contributed by atoms with Crippen LogP contribution in [0.15, 0.2) is 6.07 Å². The Kier molecular flexibility index (Phi) is 4.88. The van der Waals surface area contributed by atoms with Gasteiger partial charge in [0.2, 0.25) is 0 Å². The summed E-state index contributed by atoms with van der Waals surface area (Å²) < 4.78 is 52.6. The van der Waals surface area contributed by atoms with Crippen molar-refractivity contribution in [2.24, 2.45) is 5.92 Å². The molecule has 0 spiro atoms. The predicted octanol–water partition coefficient (Wildman–Crippen LogP) is 1.99. The summed E-state index contributed by atoms with van der Waals surface area (Å²) in [7, 11) is 0. The second kappa shape index (κ2) is 6.01. The molecule has 0 saturated heterocycles. The molecule has 0 aliphatic rings. The first-order valence-corrected chi connectivity index (χ1v) is 5.54. The van der Waals surface area contributed by atoms with E-state index in [4.69, 9.17) is 5.11 Å². The molecule has 1 aromatic rings. The Hall–Kier alpha value is -1.63. The number of aliphatic hydroxyl groups is 1. The van der Waals surface area contributed by atoms with Crippen LogP contribution in [0.25, 0.3) is 0 Å². The molecule has 0 aliphatic heterocycles. The molecule has 19 heavy (non-hydrogen) atoms. The van der Waals surface area contributed by atoms with Crippen molar-refractivity contribution in [3.8, 4) is 0 Å². The molecule has 0 heterocycles. The highest BCUT2D eigenvalue weighted by Gasteiger charge is 2.26. The molecule has 2 atom stereocenters. The van der Waals surface area contributed by atoms with Crippen LogP contribution in [0.5, 0.6) is 0 Å². The normalized spacial score (nSPS) is 14.1. The lowest BCUT2D eigenvalue weighted by molar-refractivity contribution is 0.0905. The zero-order chi connectivity index (χ0) is 14.7. The lowest BCUT2D eigenvalue weighted by atomic mass is 10.0. The van der Waals surface area contributed by atoms with Gasteiger partial charge in [-0.15, -0.1) is 0 Å². The number of aliphatic hydroxyl groups excluding tert-OH is 1. The van der Waals surface area contributed by atoms with Crippen molar-refractivity contribution in [2.75, 3.05) is 6.61 Å². The van der Waals surface area contributed by atoms with E-state index in [2.05, 4.69) is 5.32 Å². The quantitative estimate of drug-likeness (QED) is 0.654. The van der Waals surface area contributed by atoms with E-state index in [0.29, 0.717) is 0 Å². The van der Waals surface area contributed by atoms with Gasteiger partial charge in [0, 0.05) is 18.7 Å². The molecule has 0 bridgehead atoms. The van der Waals surface area contributed by atoms with Gasteiger partial charge in [-0.2, -0.15) is 0 Å². The van der Waals surface area contributed by atoms with E-state index in [1.165, 1.54) is 6.92 Å². The molecular formula is C12H13F4NO2. The van der Waals surface area contributed by atoms with Crippen LogP contribution in [0.2, 0.25) is 0 Å². The SMILES string of the molecule is C[C@H](CO)[C@H](C)NC(=O)c1c(F)c(F)cc(F)c1F. The third kappa shape index (κ3) is 3.23. The number of rotatable bonds is 4. The van der Waals surface area contributed by atoms with Crippen molar-refractivity contribution < 1.29 is 27.5 Å². The van der Waals surface area contributed by atoms with Crippen LogP contribution >= 0.6 is 0 Å². The van der Waals surface area contributed by atoms with E-state index >= 15 is 0 Å². The molecule has 0 unspecified atom stereocenters. The van der Waals surface area contributed by atoms with Crippen molar-refractivity contribution in [1.82, 2.24) is 5.32 Å². The topological polar surface area (TPSA) is 49.3 Å². The number of hydrogen-bond acceptors (Lipinski definition) is 2. The maximum Gasteiger partial charge on any atom is 0.257 e. The highest BCUT2D eigenvalue weighted by atomic mass is 19.2. The van der Waals surface area contributed by atoms with Gasteiger partial charge >= 0.3 is 0 Å². The maximum absolute atomic E-state index is 13.3. The first-order chi connectivity index (χ1) is 8.79. The van der Waals surface area contributed by atoms with Crippen LogP contribution in [-0.4, -0.2) is 23.7 Å². The van der Waals surface area contributed by atoms with Gasteiger partial charge in [-0.05, 0) is 12.8 Å². The fourth-order valence-corrected chi connectivity index (χ4v) is 1.35. The number of halogens is 4. The number of hydrogen-bond donors (Lipinski definition) is 2. The number of amides is 1. The number of carbonyl (C=O) groups is 1. The van der Waals surface area contributed by atoms with E-state index in [-0.39, 0.29) is 18.6 Å². The summed E-state index contributed by atoms with van der Waals surface area (Å²) in [5.41, 5.74) is -1.31. The highest BCUT2D eigenvalue weighted by molar-refractivity contribution is 5.95. The zero-order valence-electron chi connectivity index (χ0n) is 10.3. The predicted molar refractivity (Wildman–Crippen MR) is 59.5 cm³/mol. The molecular weight excluding hydrogens is 266 g/mol. The summed E-state index contributed by atoms with van der Waals surface area (Å²) in [6.45, 7) is 2.82. The fraction of sp³-hybridized carbons (Fsp3) is 0.417. The summed E-state index contributed by atoms with van der Waals surface area (Å²) in [4.78, 5) is 11.6. The van der Waals surface area contributed by atoms with Gasteiger partial charge in [0.15, 0.2) is 23.3 Å². The Labute approximate surface area is 107 Å². The number of nitrogens with one attached hydrogen (secondary N) is 1. The zero-order valence-corrected chi connectivity index (χ0v) is 10.3. The van der Waals surface area contributed by atoms with E-state index in [9.17, 15) is 22.4 Å². The molecule has 7 heteroatoms. The van der Waals surface area contributed by atoms with Crippen molar-refractivity contribution in [3.63, 3.8) is 0 Å². The van der Waals surface area contributed by atoms with Gasteiger partial charge in [-0.3, -0.25) is 4.79 Å². The lowest BCUT2D eigenvalue weighted by Crippen LogP contribution is -2.39. The van der Waals surface area contributed by atoms with Crippen molar-refractivity contribution >= 4 is 5.91 Å². The van der Waals surface area contributed by atoms with E-state index < -0.39 is 40.8 Å². The monoisotopic (exact) mass is 279 g/mol. The van der Waals surface area contributed by atoms with Crippen LogP contribution in [0.3, 0.4) is 0 Å². The molecule has 0 aliphatic carbocycles. The van der Waals surface area contributed by atoms with Crippen LogP contribution in [0.4, 0.5) is 17.6 Å². The molecule has 0 aromatic heterocycles. The maximum atomic E-state index is 13.3. The Morgan fingerprint density at radius 2 is 1.68 bits per heavy atom. The van der Waals surface area contributed by atoms with Crippen LogP contribution in [-0.2, 0) is 0 Å². The second-order valence-corrected chi connectivity index (χ2v) is 4.27. The minimum absolute atomic E-state index is 0.0290. The molecule has 1 amide bonds. The smallest absolute Gasteiger partial charge is 0.257 e. The van der Waals surface area contributed by atoms with Crippen molar-refractivity contribution in [1.29, 1.82) is 0 Å². The Balaban J connectivity index is 3.07. The summed E-state index contributed by atoms with van der Waals surface area (Å²) in [6, 6.07) is -0.594. The summed E-state index contributed by atoms with van der Waals surface area (Å²) in [6.07, 6.45) is 0. The number of carbonyl (C=O) groups excluding carboxylic acids is 1. The first kappa shape index (κ1) is 15.4. The van der Waals surface area contributed by atoms with Crippen molar-refractivity contribution in [2.45, 2.75) is 19.9 Å². The molecule has 2 N–H and O–H groups in total. The van der Waals surface area contributed by atoms with Gasteiger partial charge in [-0.1, -0.05) is 6.92 Å². The summed E-state index contributed by atoms with van der Waals surface area (Å²) in [5.74, 6) is -8.45. The van der Waals surface area contributed by atoms with Gasteiger partial charge < -0.3 is 10.4 Å². The minimum Gasteiger partial charge on any atom is -0.396 e. The van der Waals surface area contributed by atoms with E-state index in [1.54, 1.807) is 6.92 Å². The largest absolute Gasteiger partial charge is 0.396 e. The second-order valence-electron chi connectivity index (χ2n) is 4.27. The molecule has 1 aromatic carbocycles.